The van der Waals surface area contributed by atoms with Crippen molar-refractivity contribution in [2.45, 2.75) is 32.1 Å². The van der Waals surface area contributed by atoms with Crippen LogP contribution in [0.4, 0.5) is 0 Å². The van der Waals surface area contributed by atoms with Gasteiger partial charge in [0.2, 0.25) is 15.9 Å². The third kappa shape index (κ3) is 4.50. The first-order valence-corrected chi connectivity index (χ1v) is 7.84. The summed E-state index contributed by atoms with van der Waals surface area (Å²) in [5, 5.41) is 7.77. The van der Waals surface area contributed by atoms with Gasteiger partial charge in [-0.2, -0.15) is 0 Å². The molecule has 7 heteroatoms. The number of rotatable bonds is 6. The van der Waals surface area contributed by atoms with E-state index in [9.17, 15) is 13.2 Å². The van der Waals surface area contributed by atoms with E-state index < -0.39 is 10.0 Å². The van der Waals surface area contributed by atoms with Crippen LogP contribution in [0.25, 0.3) is 0 Å². The molecule has 3 N–H and O–H groups in total. The minimum Gasteiger partial charge on any atom is -0.493 e. The molecule has 0 radical (unpaired) electrons. The molecule has 0 atom stereocenters. The van der Waals surface area contributed by atoms with Crippen LogP contribution in [0.3, 0.4) is 0 Å². The number of nitrogens with two attached hydrogens (primary N) is 1. The van der Waals surface area contributed by atoms with Crippen LogP contribution < -0.4 is 15.2 Å². The number of sulfonamides is 1. The Labute approximate surface area is 119 Å². The van der Waals surface area contributed by atoms with Gasteiger partial charge in [0.25, 0.3) is 0 Å². The highest BCUT2D eigenvalue weighted by Crippen LogP contribution is 2.26. The molecule has 0 saturated carbocycles. The van der Waals surface area contributed by atoms with Gasteiger partial charge in [-0.05, 0) is 44.0 Å². The normalized spacial score (nSPS) is 11.2. The van der Waals surface area contributed by atoms with Crippen molar-refractivity contribution < 1.29 is 17.9 Å². The minimum absolute atomic E-state index is 0.0589. The van der Waals surface area contributed by atoms with Crippen LogP contribution in [0.1, 0.15) is 24.5 Å². The van der Waals surface area contributed by atoms with E-state index in [1.54, 1.807) is 13.8 Å². The Morgan fingerprint density at radius 1 is 1.30 bits per heavy atom. The van der Waals surface area contributed by atoms with Crippen LogP contribution in [-0.2, 0) is 14.8 Å². The molecule has 1 aromatic carbocycles. The Bertz CT molecular complexity index is 573. The van der Waals surface area contributed by atoms with Crippen molar-refractivity contribution in [1.29, 1.82) is 0 Å². The predicted molar refractivity (Wildman–Crippen MR) is 76.1 cm³/mol. The van der Waals surface area contributed by atoms with Crippen molar-refractivity contribution in [2.75, 3.05) is 13.2 Å². The summed E-state index contributed by atoms with van der Waals surface area (Å²) in [6.45, 7) is 6.15. The standard InChI is InChI=1S/C13H20N2O4S/c1-4-15-12(16)5-6-19-13-9(2)7-11(8-10(13)3)20(14,17)18/h7-8H,4-6H2,1-3H3,(H,15,16)(H2,14,17,18). The summed E-state index contributed by atoms with van der Waals surface area (Å²) in [5.41, 5.74) is 1.34. The fourth-order valence-electron chi connectivity index (χ4n) is 1.83. The Morgan fingerprint density at radius 2 is 1.85 bits per heavy atom. The van der Waals surface area contributed by atoms with Gasteiger partial charge in [0.1, 0.15) is 5.75 Å². The second-order valence-electron chi connectivity index (χ2n) is 4.48. The van der Waals surface area contributed by atoms with Gasteiger partial charge in [0.05, 0.1) is 17.9 Å². The zero-order chi connectivity index (χ0) is 15.3. The molecule has 0 spiro atoms. The Hall–Kier alpha value is -1.60. The number of hydrogen-bond acceptors (Lipinski definition) is 4. The zero-order valence-corrected chi connectivity index (χ0v) is 12.7. The van der Waals surface area contributed by atoms with Gasteiger partial charge in [0, 0.05) is 6.54 Å². The van der Waals surface area contributed by atoms with Gasteiger partial charge < -0.3 is 10.1 Å². The largest absolute Gasteiger partial charge is 0.493 e. The van der Waals surface area contributed by atoms with Crippen molar-refractivity contribution in [1.82, 2.24) is 5.32 Å². The van der Waals surface area contributed by atoms with Gasteiger partial charge in [-0.25, -0.2) is 13.6 Å². The van der Waals surface area contributed by atoms with E-state index >= 15 is 0 Å². The van der Waals surface area contributed by atoms with Crippen LogP contribution in [0.2, 0.25) is 0 Å². The summed E-state index contributed by atoms with van der Waals surface area (Å²) in [6, 6.07) is 2.92. The molecule has 112 valence electrons. The average molecular weight is 300 g/mol. The van der Waals surface area contributed by atoms with Crippen LogP contribution >= 0.6 is 0 Å². The molecule has 0 aromatic heterocycles. The molecule has 1 aromatic rings. The van der Waals surface area contributed by atoms with Gasteiger partial charge in [-0.15, -0.1) is 0 Å². The summed E-state index contributed by atoms with van der Waals surface area (Å²) < 4.78 is 28.2. The molecule has 1 rings (SSSR count). The SMILES string of the molecule is CCNC(=O)CCOc1c(C)cc(S(N)(=O)=O)cc1C. The number of nitrogens with one attached hydrogen (secondary N) is 1. The lowest BCUT2D eigenvalue weighted by Gasteiger charge is -2.13. The maximum absolute atomic E-state index is 11.3. The molecule has 0 bridgehead atoms. The molecule has 0 saturated heterocycles. The molecule has 0 unspecified atom stereocenters. The number of aryl methyl sites for hydroxylation is 2. The molecule has 0 aliphatic carbocycles. The summed E-state index contributed by atoms with van der Waals surface area (Å²) in [4.78, 5) is 11.4. The number of primary sulfonamides is 1. The van der Waals surface area contributed by atoms with E-state index in [0.29, 0.717) is 23.4 Å². The number of benzene rings is 1. The highest BCUT2D eigenvalue weighted by atomic mass is 32.2. The van der Waals surface area contributed by atoms with Crippen LogP contribution in [-0.4, -0.2) is 27.5 Å². The number of carbonyl (C=O) groups excluding carboxylic acids is 1. The highest BCUT2D eigenvalue weighted by molar-refractivity contribution is 7.89. The van der Waals surface area contributed by atoms with E-state index in [1.165, 1.54) is 12.1 Å². The fraction of sp³-hybridized carbons (Fsp3) is 0.462. The summed E-state index contributed by atoms with van der Waals surface area (Å²) >= 11 is 0. The number of amides is 1. The van der Waals surface area contributed by atoms with Gasteiger partial charge in [0.15, 0.2) is 0 Å². The third-order valence-corrected chi connectivity index (χ3v) is 3.60. The fourth-order valence-corrected chi connectivity index (χ4v) is 2.52. The molecule has 0 aliphatic rings. The molecule has 20 heavy (non-hydrogen) atoms. The first-order valence-electron chi connectivity index (χ1n) is 6.29. The van der Waals surface area contributed by atoms with Crippen molar-refractivity contribution in [2.24, 2.45) is 5.14 Å². The lowest BCUT2D eigenvalue weighted by molar-refractivity contribution is -0.121. The monoisotopic (exact) mass is 300 g/mol. The molecule has 0 heterocycles. The maximum atomic E-state index is 11.3. The first kappa shape index (κ1) is 16.5. The van der Waals surface area contributed by atoms with Crippen molar-refractivity contribution >= 4 is 15.9 Å². The van der Waals surface area contributed by atoms with E-state index in [0.717, 1.165) is 0 Å². The van der Waals surface area contributed by atoms with Crippen molar-refractivity contribution in [3.8, 4) is 5.75 Å². The molecular formula is C13H20N2O4S. The highest BCUT2D eigenvalue weighted by Gasteiger charge is 2.13. The topological polar surface area (TPSA) is 98.5 Å². The van der Waals surface area contributed by atoms with Crippen molar-refractivity contribution in [3.63, 3.8) is 0 Å². The molecular weight excluding hydrogens is 280 g/mol. The van der Waals surface area contributed by atoms with Crippen molar-refractivity contribution in [3.05, 3.63) is 23.3 Å². The zero-order valence-electron chi connectivity index (χ0n) is 11.9. The Morgan fingerprint density at radius 3 is 2.30 bits per heavy atom. The first-order chi connectivity index (χ1) is 9.25. The lowest BCUT2D eigenvalue weighted by Crippen LogP contribution is -2.24. The number of hydrogen-bond donors (Lipinski definition) is 2. The van der Waals surface area contributed by atoms with Crippen LogP contribution in [0.5, 0.6) is 5.75 Å². The second kappa shape index (κ2) is 6.71. The smallest absolute Gasteiger partial charge is 0.238 e. The summed E-state index contributed by atoms with van der Waals surface area (Å²) in [6.07, 6.45) is 0.254. The number of carbonyl (C=O) groups is 1. The van der Waals surface area contributed by atoms with E-state index in [4.69, 9.17) is 9.88 Å². The van der Waals surface area contributed by atoms with E-state index in [2.05, 4.69) is 5.32 Å². The average Bonchev–Trinajstić information content (AvgIpc) is 2.31. The summed E-state index contributed by atoms with van der Waals surface area (Å²) in [5.74, 6) is 0.505. The molecule has 1 amide bonds. The van der Waals surface area contributed by atoms with E-state index in [1.807, 2.05) is 6.92 Å². The molecule has 0 aliphatic heterocycles. The third-order valence-electron chi connectivity index (χ3n) is 2.71. The lowest BCUT2D eigenvalue weighted by atomic mass is 10.1. The van der Waals surface area contributed by atoms with Gasteiger partial charge in [-0.1, -0.05) is 0 Å². The maximum Gasteiger partial charge on any atom is 0.238 e. The quantitative estimate of drug-likeness (QED) is 0.814. The Kier molecular flexibility index (Phi) is 5.52. The van der Waals surface area contributed by atoms with Crippen LogP contribution in [0.15, 0.2) is 17.0 Å². The van der Waals surface area contributed by atoms with Crippen LogP contribution in [0, 0.1) is 13.8 Å². The summed E-state index contributed by atoms with van der Waals surface area (Å²) in [7, 11) is -3.73. The minimum atomic E-state index is -3.73. The molecule has 0 fully saturated rings. The van der Waals surface area contributed by atoms with Gasteiger partial charge in [-0.3, -0.25) is 4.79 Å². The second-order valence-corrected chi connectivity index (χ2v) is 6.04. The number of ether oxygens (including phenoxy) is 1. The van der Waals surface area contributed by atoms with E-state index in [-0.39, 0.29) is 23.8 Å². The van der Waals surface area contributed by atoms with Gasteiger partial charge >= 0.3 is 0 Å². The predicted octanol–water partition coefficient (Wildman–Crippen LogP) is 0.856. The molecule has 6 nitrogen and oxygen atoms in total. The Balaban J connectivity index is 2.80.